The number of fused-ring (bicyclic) bond motifs is 3. The van der Waals surface area contributed by atoms with E-state index in [2.05, 4.69) is 5.32 Å². The van der Waals surface area contributed by atoms with Crippen LogP contribution < -0.4 is 5.32 Å². The minimum absolute atomic E-state index is 0.0241. The van der Waals surface area contributed by atoms with Crippen molar-refractivity contribution in [1.82, 2.24) is 0 Å². The van der Waals surface area contributed by atoms with Gasteiger partial charge < -0.3 is 15.2 Å². The number of amides is 1. The molecule has 1 aromatic heterocycles. The predicted octanol–water partition coefficient (Wildman–Crippen LogP) is 4.05. The Morgan fingerprint density at radius 1 is 1.14 bits per heavy atom. The summed E-state index contributed by atoms with van der Waals surface area (Å²) in [6.07, 6.45) is 4.38. The fourth-order valence-corrected chi connectivity index (χ4v) is 6.99. The van der Waals surface area contributed by atoms with E-state index >= 15 is 0 Å². The summed E-state index contributed by atoms with van der Waals surface area (Å²) in [6, 6.07) is 0. The van der Waals surface area contributed by atoms with Gasteiger partial charge in [0.05, 0.1) is 24.0 Å². The number of hydrogen-bond acceptors (Lipinski definition) is 5. The van der Waals surface area contributed by atoms with E-state index in [1.54, 1.807) is 6.92 Å². The normalized spacial score (nSPS) is 27.1. The number of anilines is 1. The molecular weight excluding hydrogens is 390 g/mol. The van der Waals surface area contributed by atoms with E-state index < -0.39 is 23.8 Å². The third kappa shape index (κ3) is 3.19. The fourth-order valence-electron chi connectivity index (χ4n) is 5.71. The lowest BCUT2D eigenvalue weighted by molar-refractivity contribution is -0.148. The molecule has 0 saturated heterocycles. The van der Waals surface area contributed by atoms with E-state index in [1.807, 2.05) is 13.8 Å². The molecule has 6 nitrogen and oxygen atoms in total. The van der Waals surface area contributed by atoms with Crippen LogP contribution in [0.25, 0.3) is 0 Å². The standard InChI is InChI=1S/C22H27NO5S/c1-4-28-22(27)18-11-6-5-7-14(11)29-20(18)23-19(24)16-12-8-9-13(15(12)10(2)3)17(16)21(25)26/h12-13,16-17H,4-9H2,1-3H3,(H,23,24)(H,25,26)/t12-,13+,16+,17-/m0/s1. The van der Waals surface area contributed by atoms with Crippen molar-refractivity contribution in [1.29, 1.82) is 0 Å². The monoisotopic (exact) mass is 417 g/mol. The van der Waals surface area contributed by atoms with Crippen molar-refractivity contribution in [2.75, 3.05) is 11.9 Å². The second-order valence-electron chi connectivity index (χ2n) is 8.41. The van der Waals surface area contributed by atoms with Gasteiger partial charge in [-0.3, -0.25) is 9.59 Å². The predicted molar refractivity (Wildman–Crippen MR) is 110 cm³/mol. The second kappa shape index (κ2) is 7.59. The van der Waals surface area contributed by atoms with Gasteiger partial charge in [0, 0.05) is 4.88 Å². The highest BCUT2D eigenvalue weighted by atomic mass is 32.1. The largest absolute Gasteiger partial charge is 0.481 e. The molecule has 3 aliphatic carbocycles. The Morgan fingerprint density at radius 3 is 2.45 bits per heavy atom. The van der Waals surface area contributed by atoms with Crippen LogP contribution in [0.3, 0.4) is 0 Å². The van der Waals surface area contributed by atoms with Crippen molar-refractivity contribution in [2.24, 2.45) is 23.7 Å². The number of rotatable bonds is 5. The third-order valence-corrected chi connectivity index (χ3v) is 7.85. The summed E-state index contributed by atoms with van der Waals surface area (Å²) in [5.41, 5.74) is 3.73. The number of aryl methyl sites for hydroxylation is 1. The van der Waals surface area contributed by atoms with Crippen LogP contribution in [0.15, 0.2) is 11.1 Å². The summed E-state index contributed by atoms with van der Waals surface area (Å²) in [4.78, 5) is 39.0. The topological polar surface area (TPSA) is 92.7 Å². The van der Waals surface area contributed by atoms with Gasteiger partial charge in [-0.2, -0.15) is 0 Å². The number of carbonyl (C=O) groups is 3. The molecule has 4 atom stereocenters. The maximum atomic E-state index is 13.3. The first-order valence-corrected chi connectivity index (χ1v) is 11.2. The minimum Gasteiger partial charge on any atom is -0.481 e. The molecule has 2 saturated carbocycles. The first-order chi connectivity index (χ1) is 13.8. The van der Waals surface area contributed by atoms with E-state index in [-0.39, 0.29) is 24.3 Å². The number of carboxylic acids is 1. The number of esters is 1. The van der Waals surface area contributed by atoms with Crippen molar-refractivity contribution in [3.05, 3.63) is 27.2 Å². The molecule has 156 valence electrons. The van der Waals surface area contributed by atoms with Crippen LogP contribution in [0.4, 0.5) is 5.00 Å². The van der Waals surface area contributed by atoms with Gasteiger partial charge in [0.2, 0.25) is 5.91 Å². The lowest BCUT2D eigenvalue weighted by Crippen LogP contribution is -2.38. The lowest BCUT2D eigenvalue weighted by atomic mass is 9.79. The van der Waals surface area contributed by atoms with E-state index in [0.29, 0.717) is 10.6 Å². The summed E-state index contributed by atoms with van der Waals surface area (Å²) in [5.74, 6) is -2.97. The van der Waals surface area contributed by atoms with Gasteiger partial charge in [-0.1, -0.05) is 11.1 Å². The molecule has 29 heavy (non-hydrogen) atoms. The molecule has 1 aromatic rings. The number of carboxylic acid groups (broad SMARTS) is 1. The molecule has 0 radical (unpaired) electrons. The van der Waals surface area contributed by atoms with Gasteiger partial charge >= 0.3 is 11.9 Å². The highest BCUT2D eigenvalue weighted by Crippen LogP contribution is 2.57. The summed E-state index contributed by atoms with van der Waals surface area (Å²) >= 11 is 1.43. The summed E-state index contributed by atoms with van der Waals surface area (Å²) in [6.45, 7) is 6.04. The lowest BCUT2D eigenvalue weighted by Gasteiger charge is -2.26. The van der Waals surface area contributed by atoms with Crippen LogP contribution >= 0.6 is 11.3 Å². The Kier molecular flexibility index (Phi) is 5.27. The highest BCUT2D eigenvalue weighted by Gasteiger charge is 2.57. The fraction of sp³-hybridized carbons (Fsp3) is 0.591. The average molecular weight is 418 g/mol. The van der Waals surface area contributed by atoms with Crippen LogP contribution in [-0.4, -0.2) is 29.6 Å². The van der Waals surface area contributed by atoms with E-state index in [0.717, 1.165) is 53.7 Å². The summed E-state index contributed by atoms with van der Waals surface area (Å²) in [7, 11) is 0. The van der Waals surface area contributed by atoms with Crippen molar-refractivity contribution >= 4 is 34.2 Å². The molecule has 1 heterocycles. The molecule has 3 aliphatic rings. The smallest absolute Gasteiger partial charge is 0.341 e. The number of ether oxygens (including phenoxy) is 1. The van der Waals surface area contributed by atoms with Crippen LogP contribution in [0.1, 0.15) is 60.8 Å². The van der Waals surface area contributed by atoms with Gasteiger partial charge in [-0.25, -0.2) is 4.79 Å². The third-order valence-electron chi connectivity index (χ3n) is 6.64. The van der Waals surface area contributed by atoms with Crippen molar-refractivity contribution in [2.45, 2.75) is 52.9 Å². The molecule has 2 N–H and O–H groups in total. The van der Waals surface area contributed by atoms with Crippen LogP contribution in [-0.2, 0) is 27.2 Å². The first kappa shape index (κ1) is 20.1. The summed E-state index contributed by atoms with van der Waals surface area (Å²) in [5, 5.41) is 13.3. The number of thiophene rings is 1. The minimum atomic E-state index is -0.907. The first-order valence-electron chi connectivity index (χ1n) is 10.4. The molecule has 0 unspecified atom stereocenters. The quantitative estimate of drug-likeness (QED) is 0.557. The van der Waals surface area contributed by atoms with Crippen molar-refractivity contribution in [3.8, 4) is 0 Å². The number of carbonyl (C=O) groups excluding carboxylic acids is 2. The summed E-state index contributed by atoms with van der Waals surface area (Å²) < 4.78 is 5.23. The molecule has 7 heteroatoms. The molecule has 1 amide bonds. The molecule has 2 fully saturated rings. The Hall–Kier alpha value is -2.15. The van der Waals surface area contributed by atoms with Gasteiger partial charge in [0.1, 0.15) is 5.00 Å². The Balaban J connectivity index is 1.66. The molecule has 4 rings (SSSR count). The average Bonchev–Trinajstić information content (AvgIpc) is 3.39. The van der Waals surface area contributed by atoms with Crippen LogP contribution in [0.5, 0.6) is 0 Å². The number of nitrogens with one attached hydrogen (secondary N) is 1. The zero-order chi connectivity index (χ0) is 20.9. The maximum Gasteiger partial charge on any atom is 0.341 e. The van der Waals surface area contributed by atoms with Gasteiger partial charge in [0.25, 0.3) is 0 Å². The van der Waals surface area contributed by atoms with Crippen LogP contribution in [0.2, 0.25) is 0 Å². The van der Waals surface area contributed by atoms with Gasteiger partial charge in [0.15, 0.2) is 0 Å². The van der Waals surface area contributed by atoms with Gasteiger partial charge in [-0.15, -0.1) is 11.3 Å². The second-order valence-corrected chi connectivity index (χ2v) is 9.51. The number of hydrogen-bond donors (Lipinski definition) is 2. The van der Waals surface area contributed by atoms with Crippen molar-refractivity contribution < 1.29 is 24.2 Å². The van der Waals surface area contributed by atoms with E-state index in [1.165, 1.54) is 11.3 Å². The maximum absolute atomic E-state index is 13.3. The van der Waals surface area contributed by atoms with Crippen molar-refractivity contribution in [3.63, 3.8) is 0 Å². The number of allylic oxidation sites excluding steroid dienone is 2. The van der Waals surface area contributed by atoms with Gasteiger partial charge in [-0.05, 0) is 70.3 Å². The Labute approximate surface area is 174 Å². The molecular formula is C22H27NO5S. The molecule has 0 aliphatic heterocycles. The Bertz CT molecular complexity index is 911. The zero-order valence-corrected chi connectivity index (χ0v) is 17.9. The number of aliphatic carboxylic acids is 1. The van der Waals surface area contributed by atoms with Crippen LogP contribution in [0, 0.1) is 23.7 Å². The van der Waals surface area contributed by atoms with E-state index in [4.69, 9.17) is 4.74 Å². The molecule has 0 aromatic carbocycles. The molecule has 2 bridgehead atoms. The Morgan fingerprint density at radius 2 is 1.83 bits per heavy atom. The zero-order valence-electron chi connectivity index (χ0n) is 17.0. The van der Waals surface area contributed by atoms with E-state index in [9.17, 15) is 19.5 Å². The highest BCUT2D eigenvalue weighted by molar-refractivity contribution is 7.17. The molecule has 0 spiro atoms. The SMILES string of the molecule is CCOC(=O)c1c(NC(=O)[C@H]2[C@@H](C(=O)O)[C@@H]3CC[C@H]2C3=C(C)C)sc2c1CCC2.